The first-order valence-electron chi connectivity index (χ1n) is 9.41. The molecule has 0 aliphatic heterocycles. The summed E-state index contributed by atoms with van der Waals surface area (Å²) in [5.74, 6) is -0.490. The number of rotatable bonds is 8. The third kappa shape index (κ3) is 4.97. The van der Waals surface area contributed by atoms with E-state index in [4.69, 9.17) is 4.74 Å². The fraction of sp³-hybridized carbons (Fsp3) is 0.333. The molecule has 0 aliphatic rings. The van der Waals surface area contributed by atoms with E-state index in [1.807, 2.05) is 56.3 Å². The number of methoxy groups -OCH3 is 1. The van der Waals surface area contributed by atoms with E-state index in [9.17, 15) is 9.59 Å². The van der Waals surface area contributed by atoms with E-state index < -0.39 is 0 Å². The number of carbonyl (C=O) groups is 2. The van der Waals surface area contributed by atoms with Crippen LogP contribution >= 0.6 is 0 Å². The van der Waals surface area contributed by atoms with Crippen LogP contribution in [0.4, 0.5) is 5.69 Å². The molecule has 8 heteroatoms. The summed E-state index contributed by atoms with van der Waals surface area (Å²) in [5, 5.41) is 11.0. The van der Waals surface area contributed by atoms with Gasteiger partial charge >= 0.3 is 0 Å². The standard InChI is InChI=1S/C21H25N5O3/c1-15-8-9-16(2)19(12-15)25(13-20(27)22-10-11-29-3)21(28)14-26-18-7-5-4-6-17(18)23-24-26/h4-9,12H,10-11,13-14H2,1-3H3,(H,22,27). The normalized spacial score (nSPS) is 10.9. The Hall–Kier alpha value is -3.26. The van der Waals surface area contributed by atoms with Gasteiger partial charge in [-0.25, -0.2) is 4.68 Å². The molecule has 0 saturated heterocycles. The first-order chi connectivity index (χ1) is 14.0. The van der Waals surface area contributed by atoms with Gasteiger partial charge in [-0.15, -0.1) is 5.10 Å². The van der Waals surface area contributed by atoms with Crippen LogP contribution < -0.4 is 10.2 Å². The van der Waals surface area contributed by atoms with Crippen molar-refractivity contribution in [3.63, 3.8) is 0 Å². The summed E-state index contributed by atoms with van der Waals surface area (Å²) in [7, 11) is 1.57. The highest BCUT2D eigenvalue weighted by Crippen LogP contribution is 2.22. The minimum Gasteiger partial charge on any atom is -0.383 e. The van der Waals surface area contributed by atoms with E-state index in [0.717, 1.165) is 22.2 Å². The van der Waals surface area contributed by atoms with Gasteiger partial charge in [-0.2, -0.15) is 0 Å². The van der Waals surface area contributed by atoms with Gasteiger partial charge in [0, 0.05) is 19.3 Å². The van der Waals surface area contributed by atoms with E-state index in [-0.39, 0.29) is 24.9 Å². The highest BCUT2D eigenvalue weighted by atomic mass is 16.5. The van der Waals surface area contributed by atoms with Crippen LogP contribution in [0, 0.1) is 13.8 Å². The molecular weight excluding hydrogens is 370 g/mol. The lowest BCUT2D eigenvalue weighted by Crippen LogP contribution is -2.43. The number of ether oxygens (including phenoxy) is 1. The zero-order valence-corrected chi connectivity index (χ0v) is 16.9. The fourth-order valence-electron chi connectivity index (χ4n) is 3.06. The maximum atomic E-state index is 13.2. The zero-order valence-electron chi connectivity index (χ0n) is 16.9. The van der Waals surface area contributed by atoms with Gasteiger partial charge in [0.2, 0.25) is 11.8 Å². The van der Waals surface area contributed by atoms with Crippen LogP contribution in [-0.2, 0) is 20.9 Å². The molecule has 0 radical (unpaired) electrons. The second kappa shape index (κ2) is 9.29. The van der Waals surface area contributed by atoms with Crippen molar-refractivity contribution in [1.29, 1.82) is 0 Å². The molecule has 8 nitrogen and oxygen atoms in total. The van der Waals surface area contributed by atoms with E-state index in [1.54, 1.807) is 11.8 Å². The van der Waals surface area contributed by atoms with Crippen LogP contribution in [0.2, 0.25) is 0 Å². The summed E-state index contributed by atoms with van der Waals surface area (Å²) in [5.41, 5.74) is 4.12. The molecule has 3 rings (SSSR count). The van der Waals surface area contributed by atoms with Crippen LogP contribution in [0.25, 0.3) is 11.0 Å². The van der Waals surface area contributed by atoms with Crippen LogP contribution in [0.5, 0.6) is 0 Å². The Kier molecular flexibility index (Phi) is 6.56. The summed E-state index contributed by atoms with van der Waals surface area (Å²) in [6, 6.07) is 13.3. The maximum Gasteiger partial charge on any atom is 0.249 e. The second-order valence-corrected chi connectivity index (χ2v) is 6.85. The van der Waals surface area contributed by atoms with Crippen molar-refractivity contribution in [2.24, 2.45) is 0 Å². The van der Waals surface area contributed by atoms with E-state index in [2.05, 4.69) is 15.6 Å². The van der Waals surface area contributed by atoms with Crippen molar-refractivity contribution < 1.29 is 14.3 Å². The highest BCUT2D eigenvalue weighted by molar-refractivity contribution is 5.99. The summed E-state index contributed by atoms with van der Waals surface area (Å²) in [6.45, 7) is 4.57. The smallest absolute Gasteiger partial charge is 0.249 e. The van der Waals surface area contributed by atoms with Crippen LogP contribution in [-0.4, -0.2) is 53.6 Å². The third-order valence-corrected chi connectivity index (χ3v) is 4.59. The van der Waals surface area contributed by atoms with Gasteiger partial charge in [-0.3, -0.25) is 9.59 Å². The van der Waals surface area contributed by atoms with Crippen molar-refractivity contribution in [2.75, 3.05) is 31.7 Å². The van der Waals surface area contributed by atoms with Crippen LogP contribution in [0.15, 0.2) is 42.5 Å². The highest BCUT2D eigenvalue weighted by Gasteiger charge is 2.22. The molecule has 1 aromatic heterocycles. The van der Waals surface area contributed by atoms with E-state index >= 15 is 0 Å². The third-order valence-electron chi connectivity index (χ3n) is 4.59. The van der Waals surface area contributed by atoms with Gasteiger partial charge in [0.05, 0.1) is 12.1 Å². The minimum absolute atomic E-state index is 0.0146. The van der Waals surface area contributed by atoms with Gasteiger partial charge < -0.3 is 15.0 Å². The molecule has 0 unspecified atom stereocenters. The number of hydrogen-bond acceptors (Lipinski definition) is 5. The van der Waals surface area contributed by atoms with Crippen molar-refractivity contribution in [2.45, 2.75) is 20.4 Å². The van der Waals surface area contributed by atoms with Crippen LogP contribution in [0.1, 0.15) is 11.1 Å². The van der Waals surface area contributed by atoms with E-state index in [1.165, 1.54) is 4.90 Å². The minimum atomic E-state index is -0.250. The largest absolute Gasteiger partial charge is 0.383 e. The fourth-order valence-corrected chi connectivity index (χ4v) is 3.06. The number of benzene rings is 2. The number of para-hydroxylation sites is 1. The molecule has 0 atom stereocenters. The van der Waals surface area contributed by atoms with Crippen molar-refractivity contribution in [3.05, 3.63) is 53.6 Å². The molecule has 1 N–H and O–H groups in total. The molecule has 2 amide bonds. The number of amides is 2. The lowest BCUT2D eigenvalue weighted by Gasteiger charge is -2.24. The predicted octanol–water partition coefficient (Wildman–Crippen LogP) is 1.84. The monoisotopic (exact) mass is 395 g/mol. The van der Waals surface area contributed by atoms with E-state index in [0.29, 0.717) is 18.8 Å². The van der Waals surface area contributed by atoms with Gasteiger partial charge in [0.15, 0.2) is 0 Å². The Balaban J connectivity index is 1.86. The molecule has 0 fully saturated rings. The first-order valence-corrected chi connectivity index (χ1v) is 9.41. The summed E-state index contributed by atoms with van der Waals surface area (Å²) in [6.07, 6.45) is 0. The topological polar surface area (TPSA) is 89.4 Å². The molecule has 29 heavy (non-hydrogen) atoms. The number of carbonyl (C=O) groups excluding carboxylic acids is 2. The Labute approximate surface area is 169 Å². The number of fused-ring (bicyclic) bond motifs is 1. The summed E-state index contributed by atoms with van der Waals surface area (Å²) >= 11 is 0. The van der Waals surface area contributed by atoms with Gasteiger partial charge in [0.25, 0.3) is 0 Å². The molecule has 0 spiro atoms. The summed E-state index contributed by atoms with van der Waals surface area (Å²) in [4.78, 5) is 27.1. The Morgan fingerprint density at radius 2 is 1.97 bits per heavy atom. The number of hydrogen-bond donors (Lipinski definition) is 1. The van der Waals surface area contributed by atoms with Crippen molar-refractivity contribution in [1.82, 2.24) is 20.3 Å². The molecule has 2 aromatic carbocycles. The number of aryl methyl sites for hydroxylation is 2. The quantitative estimate of drug-likeness (QED) is 0.588. The SMILES string of the molecule is COCCNC(=O)CN(C(=O)Cn1nnc2ccccc21)c1cc(C)ccc1C. The van der Waals surface area contributed by atoms with Crippen molar-refractivity contribution in [3.8, 4) is 0 Å². The van der Waals surface area contributed by atoms with Gasteiger partial charge in [-0.1, -0.05) is 29.5 Å². The first kappa shape index (κ1) is 20.5. The Morgan fingerprint density at radius 3 is 2.76 bits per heavy atom. The lowest BCUT2D eigenvalue weighted by molar-refractivity contribution is -0.124. The average molecular weight is 395 g/mol. The predicted molar refractivity (Wildman–Crippen MR) is 111 cm³/mol. The molecule has 3 aromatic rings. The molecule has 0 aliphatic carbocycles. The van der Waals surface area contributed by atoms with Crippen LogP contribution in [0.3, 0.4) is 0 Å². The molecule has 0 saturated carbocycles. The Morgan fingerprint density at radius 1 is 1.17 bits per heavy atom. The number of aromatic nitrogens is 3. The Bertz CT molecular complexity index is 1010. The molecule has 152 valence electrons. The zero-order chi connectivity index (χ0) is 20.8. The second-order valence-electron chi connectivity index (χ2n) is 6.85. The average Bonchev–Trinajstić information content (AvgIpc) is 3.11. The van der Waals surface area contributed by atoms with Gasteiger partial charge in [0.1, 0.15) is 18.6 Å². The molecular formula is C21H25N5O3. The van der Waals surface area contributed by atoms with Crippen molar-refractivity contribution >= 4 is 28.5 Å². The number of nitrogens with one attached hydrogen (secondary N) is 1. The number of anilines is 1. The lowest BCUT2D eigenvalue weighted by atomic mass is 10.1. The molecule has 0 bridgehead atoms. The molecule has 1 heterocycles. The number of nitrogens with zero attached hydrogens (tertiary/aromatic N) is 4. The maximum absolute atomic E-state index is 13.2. The van der Waals surface area contributed by atoms with Gasteiger partial charge in [-0.05, 0) is 43.2 Å². The summed E-state index contributed by atoms with van der Waals surface area (Å²) < 4.78 is 6.52.